The van der Waals surface area contributed by atoms with Gasteiger partial charge >= 0.3 is 49.7 Å². The molecule has 336 valence electrons. The molecule has 0 aromatic carbocycles. The second kappa shape index (κ2) is 36.1. The molecule has 0 saturated carbocycles. The van der Waals surface area contributed by atoms with E-state index in [9.17, 15) is 59.4 Å². The zero-order valence-corrected chi connectivity index (χ0v) is 39.0. The van der Waals surface area contributed by atoms with Crippen LogP contribution in [-0.4, -0.2) is 179 Å². The molecule has 2 amide bonds. The second-order valence-corrected chi connectivity index (χ2v) is 14.8. The van der Waals surface area contributed by atoms with Crippen LogP contribution < -0.4 is 20.8 Å². The molecule has 59 heavy (non-hydrogen) atoms. The normalized spacial score (nSPS) is 15.3. The molecule has 0 aromatic heterocycles. The number of allylic oxidation sites excluding steroid dienone is 2. The number of carbonyl (C=O) groups is 6. The summed E-state index contributed by atoms with van der Waals surface area (Å²) >= 11 is 0. The van der Waals surface area contributed by atoms with Gasteiger partial charge in [-0.3, -0.25) is 9.59 Å². The molecule has 6 N–H and O–H groups in total. The van der Waals surface area contributed by atoms with E-state index in [0.29, 0.717) is 25.7 Å². The maximum absolute atomic E-state index is 12.0. The Kier molecular flexibility index (Phi) is 37.1. The molecular formula is C42H76CaN4O12+2. The van der Waals surface area contributed by atoms with Crippen molar-refractivity contribution in [3.05, 3.63) is 24.3 Å². The number of aliphatic hydroxyl groups excluding tert-OH is 2. The van der Waals surface area contributed by atoms with Gasteiger partial charge in [0.1, 0.15) is 25.2 Å². The van der Waals surface area contributed by atoms with E-state index in [4.69, 9.17) is 0 Å². The Labute approximate surface area is 382 Å². The number of aliphatic carboxylic acids is 4. The average molecular weight is 869 g/mol. The molecule has 0 radical (unpaired) electrons. The summed E-state index contributed by atoms with van der Waals surface area (Å²) in [5.74, 6) is -5.46. The van der Waals surface area contributed by atoms with Gasteiger partial charge in [0.15, 0.2) is 12.1 Å². The van der Waals surface area contributed by atoms with Crippen LogP contribution in [0.25, 0.3) is 0 Å². The number of unbranched alkanes of at least 4 members (excludes halogenated alkanes) is 4. The van der Waals surface area contributed by atoms with Crippen molar-refractivity contribution >= 4 is 73.4 Å². The smallest absolute Gasteiger partial charge is 0.544 e. The first kappa shape index (κ1) is 60.7. The van der Waals surface area contributed by atoms with Gasteiger partial charge in [0.2, 0.25) is 11.8 Å². The van der Waals surface area contributed by atoms with Crippen LogP contribution in [-0.2, 0) is 28.8 Å². The van der Waals surface area contributed by atoms with Crippen molar-refractivity contribution in [1.29, 1.82) is 0 Å². The molecule has 0 rings (SSSR count). The molecule has 16 nitrogen and oxygen atoms in total. The minimum Gasteiger partial charge on any atom is -0.544 e. The standard InChI is InChI=1S/2C21H38N2O6.Ca/c2*1-4-7-8-9-12-19(25)22-13-14-23(15-16-24,17(10-5-2)20(26)27)18(11-6-3)21(28)29;/h2*9,12,17-18,24H,4-8,10-11,13-16H2,1-3H3,(H2-,22,25,26,27,28,29);/q;;+2/b2*12-9+;. The van der Waals surface area contributed by atoms with Gasteiger partial charge in [-0.15, -0.1) is 0 Å². The number of amides is 2. The SMILES string of the molecule is CCCC/C=C/C(=O)NCC[N+](CCO)(C(CCC)C(=O)[O-])C(CCC)C(=O)O.CCCC/C=C/C(=O)NCC[N+](CCO)(C(CCC)C(=O)[O-])C(CCC)C(=O)O.[Ca+2]. The molecule has 0 aliphatic heterocycles. The van der Waals surface area contributed by atoms with Crippen LogP contribution in [0.15, 0.2) is 24.3 Å². The summed E-state index contributed by atoms with van der Waals surface area (Å²) in [6.07, 6.45) is 15.3. The van der Waals surface area contributed by atoms with Crippen molar-refractivity contribution in [3.63, 3.8) is 0 Å². The van der Waals surface area contributed by atoms with E-state index in [1.807, 2.05) is 27.7 Å². The van der Waals surface area contributed by atoms with E-state index in [1.54, 1.807) is 12.2 Å². The number of rotatable bonds is 34. The Morgan fingerprint density at radius 2 is 0.831 bits per heavy atom. The molecular weight excluding hydrogens is 793 g/mol. The van der Waals surface area contributed by atoms with Gasteiger partial charge in [-0.05, 0) is 37.8 Å². The Hall–Kier alpha value is -2.60. The van der Waals surface area contributed by atoms with E-state index in [2.05, 4.69) is 24.5 Å². The summed E-state index contributed by atoms with van der Waals surface area (Å²) in [5, 5.41) is 68.3. The van der Waals surface area contributed by atoms with Gasteiger partial charge in [-0.25, -0.2) is 9.59 Å². The first-order valence-electron chi connectivity index (χ1n) is 21.3. The third-order valence-corrected chi connectivity index (χ3v) is 10.5. The number of quaternary nitrogens is 2. The van der Waals surface area contributed by atoms with Crippen LogP contribution >= 0.6 is 0 Å². The second-order valence-electron chi connectivity index (χ2n) is 14.8. The predicted molar refractivity (Wildman–Crippen MR) is 223 cm³/mol. The Balaban J connectivity index is -0.00000105. The van der Waals surface area contributed by atoms with Gasteiger partial charge in [-0.2, -0.15) is 0 Å². The molecule has 6 unspecified atom stereocenters. The predicted octanol–water partition coefficient (Wildman–Crippen LogP) is 1.28. The molecule has 0 heterocycles. The number of nitrogens with one attached hydrogen (secondary N) is 2. The summed E-state index contributed by atoms with van der Waals surface area (Å²) in [5.41, 5.74) is 0. The number of carboxylic acids is 4. The fourth-order valence-corrected chi connectivity index (χ4v) is 7.66. The van der Waals surface area contributed by atoms with Crippen LogP contribution in [0, 0.1) is 0 Å². The van der Waals surface area contributed by atoms with Crippen molar-refractivity contribution in [2.24, 2.45) is 0 Å². The van der Waals surface area contributed by atoms with Crippen LogP contribution in [0.1, 0.15) is 131 Å². The minimum atomic E-state index is -1.33. The molecule has 17 heteroatoms. The quantitative estimate of drug-likeness (QED) is 0.0232. The molecule has 0 aromatic rings. The molecule has 0 aliphatic rings. The molecule has 0 fully saturated rings. The van der Waals surface area contributed by atoms with Crippen molar-refractivity contribution in [1.82, 2.24) is 10.6 Å². The van der Waals surface area contributed by atoms with Crippen molar-refractivity contribution in [2.75, 3.05) is 52.5 Å². The zero-order valence-electron chi connectivity index (χ0n) is 36.8. The van der Waals surface area contributed by atoms with Crippen molar-refractivity contribution < 1.29 is 68.4 Å². The Morgan fingerprint density at radius 3 is 1.07 bits per heavy atom. The van der Waals surface area contributed by atoms with E-state index in [1.165, 1.54) is 12.2 Å². The van der Waals surface area contributed by atoms with Crippen LogP contribution in [0.5, 0.6) is 0 Å². The topological polar surface area (TPSA) is 254 Å². The number of hydrogen-bond donors (Lipinski definition) is 6. The zero-order chi connectivity index (χ0) is 44.6. The number of nitrogens with zero attached hydrogens (tertiary/aromatic N) is 2. The molecule has 6 atom stereocenters. The summed E-state index contributed by atoms with van der Waals surface area (Å²) in [4.78, 5) is 72.0. The number of hydrogen-bond acceptors (Lipinski definition) is 10. The van der Waals surface area contributed by atoms with Crippen LogP contribution in [0.4, 0.5) is 0 Å². The van der Waals surface area contributed by atoms with E-state index in [0.717, 1.165) is 38.5 Å². The van der Waals surface area contributed by atoms with E-state index in [-0.39, 0.29) is 137 Å². The van der Waals surface area contributed by atoms with Crippen LogP contribution in [0.2, 0.25) is 0 Å². The fraction of sp³-hybridized carbons (Fsp3) is 0.762. The largest absolute Gasteiger partial charge is 2.00 e. The first-order valence-corrected chi connectivity index (χ1v) is 21.3. The van der Waals surface area contributed by atoms with Gasteiger partial charge in [-0.1, -0.05) is 92.2 Å². The third-order valence-electron chi connectivity index (χ3n) is 10.5. The van der Waals surface area contributed by atoms with Crippen molar-refractivity contribution in [3.8, 4) is 0 Å². The van der Waals surface area contributed by atoms with E-state index < -0.39 is 48.0 Å². The minimum absolute atomic E-state index is 0. The maximum atomic E-state index is 12.0. The molecule has 0 saturated heterocycles. The number of carboxylic acid groups (broad SMARTS) is 4. The van der Waals surface area contributed by atoms with Gasteiger partial charge in [0, 0.05) is 25.7 Å². The van der Waals surface area contributed by atoms with Crippen molar-refractivity contribution in [2.45, 2.75) is 156 Å². The fourth-order valence-electron chi connectivity index (χ4n) is 7.66. The number of aliphatic hydroxyl groups is 2. The summed E-state index contributed by atoms with van der Waals surface area (Å²) in [7, 11) is 0. The third kappa shape index (κ3) is 22.7. The maximum Gasteiger partial charge on any atom is 2.00 e. The Bertz CT molecular complexity index is 1120. The van der Waals surface area contributed by atoms with Gasteiger partial charge < -0.3 is 59.8 Å². The first-order chi connectivity index (χ1) is 27.6. The van der Waals surface area contributed by atoms with Gasteiger partial charge in [0.05, 0.1) is 51.3 Å². The van der Waals surface area contributed by atoms with E-state index >= 15 is 0 Å². The summed E-state index contributed by atoms with van der Waals surface area (Å²) < 4.78 is -0.675. The Morgan fingerprint density at radius 1 is 0.525 bits per heavy atom. The molecule has 0 aliphatic carbocycles. The number of carbonyl (C=O) groups excluding carboxylic acids is 4. The van der Waals surface area contributed by atoms with Gasteiger partial charge in [0.25, 0.3) is 0 Å². The molecule has 0 spiro atoms. The van der Waals surface area contributed by atoms with Crippen LogP contribution in [0.3, 0.4) is 0 Å². The monoisotopic (exact) mass is 869 g/mol. The summed E-state index contributed by atoms with van der Waals surface area (Å²) in [6, 6.07) is -4.15. The average Bonchev–Trinajstić information content (AvgIpc) is 3.16. The molecule has 0 bridgehead atoms. The summed E-state index contributed by atoms with van der Waals surface area (Å²) in [6.45, 7) is 11.1.